The molecule has 0 aliphatic carbocycles. The van der Waals surface area contributed by atoms with Crippen molar-refractivity contribution in [1.82, 2.24) is 20.1 Å². The van der Waals surface area contributed by atoms with E-state index in [-0.39, 0.29) is 18.1 Å². The maximum atomic E-state index is 6.67. The zero-order chi connectivity index (χ0) is 29.7. The molecule has 3 heterocycles. The number of benzene rings is 2. The standard InChI is InChI=1S/C32H45N5O6/c1-38-14-3-11-36-12-17-41-29-10-5-25(19-28(29)36)22-43-31-21-33-20-30(42-18-13-37-24-34-23-35-37)32(31)26-6-8-27(9-7-26)40-16-4-15-39-2/h5-10,19,23-24,30-33H,3-4,11-18,20-22H2,1-2H3/t30-,31+,32?/m1/s1. The zero-order valence-corrected chi connectivity index (χ0v) is 25.4. The molecule has 1 unspecified atom stereocenters. The third-order valence-electron chi connectivity index (χ3n) is 7.86. The van der Waals surface area contributed by atoms with Gasteiger partial charge in [0, 0.05) is 59.4 Å². The van der Waals surface area contributed by atoms with E-state index in [1.165, 1.54) is 5.56 Å². The van der Waals surface area contributed by atoms with Gasteiger partial charge in [0.05, 0.1) is 50.8 Å². The SMILES string of the molecule is COCCCOc1ccc(C2[C@@H](OCc3ccc4c(c3)N(CCCOC)CCO4)CNC[C@H]2OCCn2cncn2)cc1. The van der Waals surface area contributed by atoms with Gasteiger partial charge in [-0.1, -0.05) is 18.2 Å². The summed E-state index contributed by atoms with van der Waals surface area (Å²) in [6.45, 7) is 7.69. The van der Waals surface area contributed by atoms with Crippen LogP contribution in [0, 0.1) is 0 Å². The largest absolute Gasteiger partial charge is 0.494 e. The van der Waals surface area contributed by atoms with Crippen LogP contribution in [0.5, 0.6) is 11.5 Å². The van der Waals surface area contributed by atoms with Crippen LogP contribution in [0.1, 0.15) is 29.9 Å². The fraction of sp³-hybridized carbons (Fsp3) is 0.562. The summed E-state index contributed by atoms with van der Waals surface area (Å²) < 4.78 is 37.2. The first kappa shape index (κ1) is 31.2. The molecule has 0 spiro atoms. The van der Waals surface area contributed by atoms with E-state index in [0.29, 0.717) is 39.6 Å². The number of nitrogens with zero attached hydrogens (tertiary/aromatic N) is 4. The van der Waals surface area contributed by atoms with Gasteiger partial charge in [0.1, 0.15) is 30.8 Å². The Bertz CT molecular complexity index is 1210. The van der Waals surface area contributed by atoms with E-state index in [1.54, 1.807) is 31.6 Å². The lowest BCUT2D eigenvalue weighted by atomic mass is 9.85. The summed E-state index contributed by atoms with van der Waals surface area (Å²) in [5.41, 5.74) is 3.41. The van der Waals surface area contributed by atoms with Crippen molar-refractivity contribution in [2.75, 3.05) is 78.3 Å². The molecule has 3 aromatic rings. The highest BCUT2D eigenvalue weighted by Gasteiger charge is 2.36. The van der Waals surface area contributed by atoms with E-state index in [9.17, 15) is 0 Å². The van der Waals surface area contributed by atoms with Crippen LogP contribution in [0.25, 0.3) is 0 Å². The number of rotatable bonds is 17. The van der Waals surface area contributed by atoms with Crippen molar-refractivity contribution in [1.29, 1.82) is 0 Å². The number of anilines is 1. The summed E-state index contributed by atoms with van der Waals surface area (Å²) in [6.07, 6.45) is 4.93. The summed E-state index contributed by atoms with van der Waals surface area (Å²) in [7, 11) is 3.45. The lowest BCUT2D eigenvalue weighted by molar-refractivity contribution is -0.0616. The summed E-state index contributed by atoms with van der Waals surface area (Å²) in [5.74, 6) is 1.82. The van der Waals surface area contributed by atoms with Crippen molar-refractivity contribution in [2.45, 2.75) is 44.1 Å². The Hall–Kier alpha value is -3.22. The molecule has 3 atom stereocenters. The van der Waals surface area contributed by atoms with E-state index in [1.807, 2.05) is 12.1 Å². The van der Waals surface area contributed by atoms with Gasteiger partial charge < -0.3 is 38.6 Å². The number of ether oxygens (including phenoxy) is 6. The molecule has 11 nitrogen and oxygen atoms in total. The van der Waals surface area contributed by atoms with Crippen molar-refractivity contribution in [3.8, 4) is 11.5 Å². The normalized spacial score (nSPS) is 20.0. The molecule has 11 heteroatoms. The monoisotopic (exact) mass is 595 g/mol. The molecule has 1 saturated heterocycles. The van der Waals surface area contributed by atoms with Gasteiger partial charge in [0.2, 0.25) is 0 Å². The molecule has 2 aromatic carbocycles. The van der Waals surface area contributed by atoms with Crippen LogP contribution in [0.15, 0.2) is 55.1 Å². The molecule has 0 amide bonds. The number of piperidine rings is 1. The van der Waals surface area contributed by atoms with Crippen molar-refractivity contribution in [3.63, 3.8) is 0 Å². The van der Waals surface area contributed by atoms with Crippen LogP contribution < -0.4 is 19.7 Å². The number of hydrogen-bond donors (Lipinski definition) is 1. The molecule has 43 heavy (non-hydrogen) atoms. The van der Waals surface area contributed by atoms with Gasteiger partial charge in [-0.25, -0.2) is 4.98 Å². The Kier molecular flexibility index (Phi) is 12.0. The maximum absolute atomic E-state index is 6.67. The third kappa shape index (κ3) is 8.90. The number of fused-ring (bicyclic) bond motifs is 1. The molecule has 1 fully saturated rings. The Morgan fingerprint density at radius 1 is 0.907 bits per heavy atom. The predicted molar refractivity (Wildman–Crippen MR) is 163 cm³/mol. The van der Waals surface area contributed by atoms with E-state index >= 15 is 0 Å². The molecule has 234 valence electrons. The average Bonchev–Trinajstić information content (AvgIpc) is 3.56. The van der Waals surface area contributed by atoms with Crippen LogP contribution in [-0.2, 0) is 32.1 Å². The average molecular weight is 596 g/mol. The first-order valence-corrected chi connectivity index (χ1v) is 15.2. The number of nitrogens with one attached hydrogen (secondary N) is 1. The van der Waals surface area contributed by atoms with Crippen molar-refractivity contribution >= 4 is 5.69 Å². The van der Waals surface area contributed by atoms with E-state index < -0.39 is 0 Å². The lowest BCUT2D eigenvalue weighted by Gasteiger charge is -2.39. The summed E-state index contributed by atoms with van der Waals surface area (Å²) in [4.78, 5) is 6.41. The second-order valence-electron chi connectivity index (χ2n) is 10.8. The third-order valence-corrected chi connectivity index (χ3v) is 7.86. The lowest BCUT2D eigenvalue weighted by Crippen LogP contribution is -2.50. The van der Waals surface area contributed by atoms with Crippen LogP contribution in [0.2, 0.25) is 0 Å². The number of hydrogen-bond acceptors (Lipinski definition) is 10. The molecule has 0 saturated carbocycles. The van der Waals surface area contributed by atoms with Gasteiger partial charge in [0.15, 0.2) is 0 Å². The number of methoxy groups -OCH3 is 2. The molecule has 1 N–H and O–H groups in total. The van der Waals surface area contributed by atoms with Crippen molar-refractivity contribution in [2.24, 2.45) is 0 Å². The van der Waals surface area contributed by atoms with Gasteiger partial charge in [0.25, 0.3) is 0 Å². The highest BCUT2D eigenvalue weighted by Crippen LogP contribution is 2.35. The highest BCUT2D eigenvalue weighted by atomic mass is 16.5. The van der Waals surface area contributed by atoms with Crippen LogP contribution in [-0.4, -0.2) is 100 Å². The first-order chi connectivity index (χ1) is 21.2. The maximum Gasteiger partial charge on any atom is 0.142 e. The Morgan fingerprint density at radius 3 is 2.51 bits per heavy atom. The molecule has 5 rings (SSSR count). The minimum absolute atomic E-state index is 0.0473. The van der Waals surface area contributed by atoms with Crippen LogP contribution in [0.3, 0.4) is 0 Å². The quantitative estimate of drug-likeness (QED) is 0.234. The summed E-state index contributed by atoms with van der Waals surface area (Å²) >= 11 is 0. The Labute approximate surface area is 254 Å². The van der Waals surface area contributed by atoms with Gasteiger partial charge in [-0.3, -0.25) is 4.68 Å². The molecule has 0 radical (unpaired) electrons. The van der Waals surface area contributed by atoms with Gasteiger partial charge in [-0.05, 0) is 41.8 Å². The second-order valence-corrected chi connectivity index (χ2v) is 10.8. The molecular formula is C32H45N5O6. The van der Waals surface area contributed by atoms with Crippen LogP contribution >= 0.6 is 0 Å². The molecular weight excluding hydrogens is 550 g/mol. The molecule has 0 bridgehead atoms. The number of aromatic nitrogens is 3. The summed E-state index contributed by atoms with van der Waals surface area (Å²) in [6, 6.07) is 14.7. The van der Waals surface area contributed by atoms with Gasteiger partial charge in [-0.15, -0.1) is 0 Å². The predicted octanol–water partition coefficient (Wildman–Crippen LogP) is 3.29. The van der Waals surface area contributed by atoms with E-state index in [2.05, 4.69) is 50.6 Å². The van der Waals surface area contributed by atoms with Crippen molar-refractivity contribution < 1.29 is 28.4 Å². The van der Waals surface area contributed by atoms with E-state index in [4.69, 9.17) is 28.4 Å². The first-order valence-electron chi connectivity index (χ1n) is 15.2. The fourth-order valence-corrected chi connectivity index (χ4v) is 5.68. The zero-order valence-electron chi connectivity index (χ0n) is 25.4. The second kappa shape index (κ2) is 16.6. The van der Waals surface area contributed by atoms with Crippen molar-refractivity contribution in [3.05, 3.63) is 66.2 Å². The fourth-order valence-electron chi connectivity index (χ4n) is 5.68. The molecule has 2 aliphatic rings. The van der Waals surface area contributed by atoms with Gasteiger partial charge >= 0.3 is 0 Å². The minimum atomic E-state index is -0.0799. The van der Waals surface area contributed by atoms with Gasteiger partial charge in [-0.2, -0.15) is 5.10 Å². The minimum Gasteiger partial charge on any atom is -0.494 e. The Balaban J connectivity index is 1.27. The summed E-state index contributed by atoms with van der Waals surface area (Å²) in [5, 5.41) is 7.74. The molecule has 1 aromatic heterocycles. The smallest absolute Gasteiger partial charge is 0.142 e. The Morgan fingerprint density at radius 2 is 1.72 bits per heavy atom. The topological polar surface area (TPSA) is 101 Å². The highest BCUT2D eigenvalue weighted by molar-refractivity contribution is 5.61. The van der Waals surface area contributed by atoms with E-state index in [0.717, 1.165) is 68.4 Å². The molecule has 2 aliphatic heterocycles. The van der Waals surface area contributed by atoms with Crippen LogP contribution in [0.4, 0.5) is 5.69 Å².